The van der Waals surface area contributed by atoms with Crippen LogP contribution in [0.3, 0.4) is 0 Å². The molecule has 0 fully saturated rings. The quantitative estimate of drug-likeness (QED) is 0.580. The Bertz CT molecular complexity index is 308. The van der Waals surface area contributed by atoms with Crippen LogP contribution in [-0.2, 0) is 0 Å². The largest absolute Gasteiger partial charge is 0.183 e. The van der Waals surface area contributed by atoms with E-state index in [0.29, 0.717) is 0 Å². The van der Waals surface area contributed by atoms with E-state index in [4.69, 9.17) is 0 Å². The monoisotopic (exact) mass is 176 g/mol. The van der Waals surface area contributed by atoms with Gasteiger partial charge in [0.05, 0.1) is 11.2 Å². The van der Waals surface area contributed by atoms with E-state index in [-0.39, 0.29) is 5.54 Å². The molecule has 70 valence electrons. The number of nitrogens with zero attached hydrogens (tertiary/aromatic N) is 2. The fraction of sp³-hybridized carbons (Fsp3) is 0.455. The average molecular weight is 176 g/mol. The zero-order valence-electron chi connectivity index (χ0n) is 8.70. The second kappa shape index (κ2) is 3.69. The SMILES string of the molecule is Cc1ccccc1N=NC(C)(C)C. The van der Waals surface area contributed by atoms with Crippen LogP contribution in [0.15, 0.2) is 34.5 Å². The summed E-state index contributed by atoms with van der Waals surface area (Å²) >= 11 is 0. The molecule has 2 heteroatoms. The van der Waals surface area contributed by atoms with Crippen LogP contribution >= 0.6 is 0 Å². The topological polar surface area (TPSA) is 24.7 Å². The van der Waals surface area contributed by atoms with Gasteiger partial charge >= 0.3 is 0 Å². The van der Waals surface area contributed by atoms with Gasteiger partial charge in [-0.15, -0.1) is 0 Å². The molecule has 13 heavy (non-hydrogen) atoms. The summed E-state index contributed by atoms with van der Waals surface area (Å²) < 4.78 is 0. The van der Waals surface area contributed by atoms with Crippen molar-refractivity contribution in [1.29, 1.82) is 0 Å². The number of rotatable bonds is 1. The van der Waals surface area contributed by atoms with Crippen molar-refractivity contribution in [1.82, 2.24) is 0 Å². The Kier molecular flexibility index (Phi) is 2.81. The first-order valence-corrected chi connectivity index (χ1v) is 4.47. The van der Waals surface area contributed by atoms with E-state index in [2.05, 4.69) is 10.2 Å². The summed E-state index contributed by atoms with van der Waals surface area (Å²) in [6.07, 6.45) is 0. The van der Waals surface area contributed by atoms with E-state index >= 15 is 0 Å². The molecule has 0 radical (unpaired) electrons. The van der Waals surface area contributed by atoms with Gasteiger partial charge < -0.3 is 0 Å². The number of hydrogen-bond acceptors (Lipinski definition) is 2. The summed E-state index contributed by atoms with van der Waals surface area (Å²) in [6, 6.07) is 8.00. The molecule has 0 heterocycles. The fourth-order valence-electron chi connectivity index (χ4n) is 0.879. The summed E-state index contributed by atoms with van der Waals surface area (Å²) in [6.45, 7) is 8.15. The zero-order chi connectivity index (χ0) is 9.90. The molecule has 0 bridgehead atoms. The maximum absolute atomic E-state index is 4.21. The molecule has 0 amide bonds. The first-order chi connectivity index (χ1) is 5.99. The summed E-state index contributed by atoms with van der Waals surface area (Å²) in [7, 11) is 0. The molecule has 1 aromatic carbocycles. The van der Waals surface area contributed by atoms with Gasteiger partial charge in [-0.2, -0.15) is 10.2 Å². The Hall–Kier alpha value is -1.18. The smallest absolute Gasteiger partial charge is 0.0881 e. The Morgan fingerprint density at radius 2 is 1.69 bits per heavy atom. The second-order valence-corrected chi connectivity index (χ2v) is 4.16. The minimum absolute atomic E-state index is 0.0950. The van der Waals surface area contributed by atoms with Crippen molar-refractivity contribution in [2.45, 2.75) is 33.2 Å². The summed E-state index contributed by atoms with van der Waals surface area (Å²) in [5.41, 5.74) is 2.02. The van der Waals surface area contributed by atoms with Crippen molar-refractivity contribution in [3.8, 4) is 0 Å². The predicted molar refractivity (Wildman–Crippen MR) is 55.4 cm³/mol. The van der Waals surface area contributed by atoms with Crippen molar-refractivity contribution in [3.05, 3.63) is 29.8 Å². The number of azo groups is 1. The van der Waals surface area contributed by atoms with Crippen LogP contribution in [0.2, 0.25) is 0 Å². The van der Waals surface area contributed by atoms with Crippen molar-refractivity contribution in [2.24, 2.45) is 10.2 Å². The Balaban J connectivity index is 2.86. The van der Waals surface area contributed by atoms with Gasteiger partial charge in [0.15, 0.2) is 0 Å². The summed E-state index contributed by atoms with van der Waals surface area (Å²) in [4.78, 5) is 0. The van der Waals surface area contributed by atoms with Crippen molar-refractivity contribution in [3.63, 3.8) is 0 Å². The molecule has 0 aliphatic heterocycles. The minimum Gasteiger partial charge on any atom is -0.183 e. The molecule has 1 aromatic rings. The van der Waals surface area contributed by atoms with Crippen LogP contribution in [0.1, 0.15) is 26.3 Å². The first-order valence-electron chi connectivity index (χ1n) is 4.47. The lowest BCUT2D eigenvalue weighted by Crippen LogP contribution is -2.07. The van der Waals surface area contributed by atoms with Crippen LogP contribution in [0.4, 0.5) is 5.69 Å². The summed E-state index contributed by atoms with van der Waals surface area (Å²) in [5, 5.41) is 8.41. The molecular formula is C11H16N2. The van der Waals surface area contributed by atoms with Gasteiger partial charge in [0.2, 0.25) is 0 Å². The average Bonchev–Trinajstić information content (AvgIpc) is 2.01. The van der Waals surface area contributed by atoms with E-state index in [9.17, 15) is 0 Å². The van der Waals surface area contributed by atoms with Crippen molar-refractivity contribution in [2.75, 3.05) is 0 Å². The molecule has 0 atom stereocenters. The Morgan fingerprint density at radius 3 is 2.23 bits per heavy atom. The molecule has 0 aromatic heterocycles. The lowest BCUT2D eigenvalue weighted by atomic mass is 10.1. The van der Waals surface area contributed by atoms with E-state index < -0.39 is 0 Å². The van der Waals surface area contributed by atoms with Gasteiger partial charge in [-0.05, 0) is 39.3 Å². The van der Waals surface area contributed by atoms with Gasteiger partial charge in [0.1, 0.15) is 0 Å². The maximum atomic E-state index is 4.21. The third kappa shape index (κ3) is 3.36. The molecule has 0 saturated heterocycles. The molecule has 0 spiro atoms. The molecule has 0 saturated carbocycles. The minimum atomic E-state index is -0.0950. The normalized spacial score (nSPS) is 12.3. The van der Waals surface area contributed by atoms with Gasteiger partial charge in [-0.25, -0.2) is 0 Å². The van der Waals surface area contributed by atoms with E-state index in [1.54, 1.807) is 0 Å². The van der Waals surface area contributed by atoms with Gasteiger partial charge in [-0.3, -0.25) is 0 Å². The van der Waals surface area contributed by atoms with Crippen LogP contribution in [-0.4, -0.2) is 5.54 Å². The number of hydrogen-bond donors (Lipinski definition) is 0. The van der Waals surface area contributed by atoms with Crippen LogP contribution in [0, 0.1) is 6.92 Å². The highest BCUT2D eigenvalue weighted by Gasteiger charge is 2.06. The van der Waals surface area contributed by atoms with Crippen molar-refractivity contribution < 1.29 is 0 Å². The van der Waals surface area contributed by atoms with E-state index in [0.717, 1.165) is 11.3 Å². The molecule has 2 nitrogen and oxygen atoms in total. The van der Waals surface area contributed by atoms with Crippen LogP contribution < -0.4 is 0 Å². The van der Waals surface area contributed by atoms with Crippen LogP contribution in [0.5, 0.6) is 0 Å². The summed E-state index contributed by atoms with van der Waals surface area (Å²) in [5.74, 6) is 0. The second-order valence-electron chi connectivity index (χ2n) is 4.16. The van der Waals surface area contributed by atoms with E-state index in [1.165, 1.54) is 0 Å². The highest BCUT2D eigenvalue weighted by atomic mass is 15.1. The highest BCUT2D eigenvalue weighted by molar-refractivity contribution is 5.43. The zero-order valence-corrected chi connectivity index (χ0v) is 8.70. The fourth-order valence-corrected chi connectivity index (χ4v) is 0.879. The molecule has 0 N–H and O–H groups in total. The third-order valence-corrected chi connectivity index (χ3v) is 1.57. The molecule has 1 rings (SSSR count). The molecular weight excluding hydrogens is 160 g/mol. The van der Waals surface area contributed by atoms with Gasteiger partial charge in [0, 0.05) is 0 Å². The standard InChI is InChI=1S/C11H16N2/c1-9-7-5-6-8-10(9)12-13-11(2,3)4/h5-8H,1-4H3. The number of benzene rings is 1. The lowest BCUT2D eigenvalue weighted by molar-refractivity contribution is 0.552. The maximum Gasteiger partial charge on any atom is 0.0881 e. The lowest BCUT2D eigenvalue weighted by Gasteiger charge is -2.09. The molecule has 0 unspecified atom stereocenters. The number of aryl methyl sites for hydroxylation is 1. The third-order valence-electron chi connectivity index (χ3n) is 1.57. The van der Waals surface area contributed by atoms with E-state index in [1.807, 2.05) is 52.0 Å². The molecule has 0 aliphatic rings. The predicted octanol–water partition coefficient (Wildman–Crippen LogP) is 3.88. The Labute approximate surface area is 79.7 Å². The Morgan fingerprint density at radius 1 is 1.08 bits per heavy atom. The van der Waals surface area contributed by atoms with Gasteiger partial charge in [-0.1, -0.05) is 18.2 Å². The highest BCUT2D eigenvalue weighted by Crippen LogP contribution is 2.19. The van der Waals surface area contributed by atoms with Gasteiger partial charge in [0.25, 0.3) is 0 Å². The van der Waals surface area contributed by atoms with Crippen molar-refractivity contribution >= 4 is 5.69 Å². The molecule has 0 aliphatic carbocycles. The first kappa shape index (κ1) is 9.90. The van der Waals surface area contributed by atoms with Crippen LogP contribution in [0.25, 0.3) is 0 Å².